The molecular weight excluding hydrogens is 631 g/mol. The Balaban J connectivity index is 0.932. The number of hydrogen-bond donors (Lipinski definition) is 0. The van der Waals surface area contributed by atoms with E-state index in [4.69, 9.17) is 20.0 Å². The van der Waals surface area contributed by atoms with Crippen LogP contribution in [0.2, 0.25) is 0 Å². The third-order valence-corrected chi connectivity index (χ3v) is 10.2. The van der Waals surface area contributed by atoms with Gasteiger partial charge in [-0.1, -0.05) is 48.5 Å². The summed E-state index contributed by atoms with van der Waals surface area (Å²) in [6.07, 6.45) is 6.16. The Morgan fingerprint density at radius 3 is 1.59 bits per heavy atom. The van der Waals surface area contributed by atoms with Crippen LogP contribution in [-0.4, -0.2) is 78.4 Å². The molecule has 0 N–H and O–H groups in total. The molecule has 2 aliphatic heterocycles. The van der Waals surface area contributed by atoms with Gasteiger partial charge in [0, 0.05) is 31.2 Å². The predicted molar refractivity (Wildman–Crippen MR) is 204 cm³/mol. The van der Waals surface area contributed by atoms with E-state index < -0.39 is 0 Å². The highest BCUT2D eigenvalue weighted by molar-refractivity contribution is 5.66. The van der Waals surface area contributed by atoms with Gasteiger partial charge in [0.2, 0.25) is 0 Å². The molecule has 0 aliphatic carbocycles. The molecule has 2 heterocycles. The minimum atomic E-state index is 0.0914. The van der Waals surface area contributed by atoms with Gasteiger partial charge in [0.05, 0.1) is 42.6 Å². The first-order chi connectivity index (χ1) is 24.8. The van der Waals surface area contributed by atoms with Gasteiger partial charge in [-0.05, 0) is 137 Å². The molecule has 2 fully saturated rings. The van der Waals surface area contributed by atoms with Gasteiger partial charge in [-0.15, -0.1) is 0 Å². The summed E-state index contributed by atoms with van der Waals surface area (Å²) >= 11 is 0. The summed E-state index contributed by atoms with van der Waals surface area (Å²) in [6, 6.07) is 36.8. The topological polar surface area (TPSA) is 75.8 Å². The summed E-state index contributed by atoms with van der Waals surface area (Å²) in [5.41, 5.74) is 5.88. The standard InChI is InChI=1S/C44H51N5O2/c1-44(2,3)49(40-24-28-47(33-40)25-5-29-50-41-20-16-38(17-21-41)36-12-8-34(31-45)9-13-36)43-7-4-26-48(43)27-6-30-51-42-22-18-39(19-23-42)37-14-10-35(32-46)11-15-37/h8-23,40,43H,4-7,24-30,33H2,1-3H3/t40-,43?/m1/s1. The van der Waals surface area contributed by atoms with E-state index in [2.05, 4.69) is 71.9 Å². The Morgan fingerprint density at radius 1 is 0.647 bits per heavy atom. The molecule has 0 spiro atoms. The number of rotatable bonds is 14. The SMILES string of the molecule is CC(C)(C)N(C1CCCN1CCCOc1ccc(-c2ccc(C#N)cc2)cc1)[C@@H]1CCN(CCCOc2ccc(-c3ccc(C#N)cc3)cc2)C1. The van der Waals surface area contributed by atoms with Gasteiger partial charge >= 0.3 is 0 Å². The number of likely N-dealkylation sites (tertiary alicyclic amines) is 2. The zero-order valence-electron chi connectivity index (χ0n) is 30.4. The Hall–Kier alpha value is -4.66. The van der Waals surface area contributed by atoms with Crippen molar-refractivity contribution < 1.29 is 9.47 Å². The van der Waals surface area contributed by atoms with E-state index in [-0.39, 0.29) is 5.54 Å². The molecule has 0 amide bonds. The molecule has 2 atom stereocenters. The van der Waals surface area contributed by atoms with Crippen LogP contribution in [0.15, 0.2) is 97.1 Å². The van der Waals surface area contributed by atoms with Crippen LogP contribution in [0, 0.1) is 22.7 Å². The maximum absolute atomic E-state index is 9.06. The van der Waals surface area contributed by atoms with E-state index in [1.54, 1.807) is 0 Å². The van der Waals surface area contributed by atoms with Gasteiger partial charge < -0.3 is 14.4 Å². The summed E-state index contributed by atoms with van der Waals surface area (Å²) < 4.78 is 12.3. The Morgan fingerprint density at radius 2 is 1.12 bits per heavy atom. The normalized spacial score (nSPS) is 18.1. The van der Waals surface area contributed by atoms with Crippen molar-refractivity contribution in [3.8, 4) is 45.9 Å². The smallest absolute Gasteiger partial charge is 0.119 e. The average Bonchev–Trinajstić information content (AvgIpc) is 3.82. The van der Waals surface area contributed by atoms with Crippen molar-refractivity contribution in [2.75, 3.05) is 45.9 Å². The largest absolute Gasteiger partial charge is 0.494 e. The first-order valence-electron chi connectivity index (χ1n) is 18.5. The zero-order chi connectivity index (χ0) is 35.6. The summed E-state index contributed by atoms with van der Waals surface area (Å²) in [6.45, 7) is 14.1. The van der Waals surface area contributed by atoms with Crippen LogP contribution < -0.4 is 9.47 Å². The molecule has 0 radical (unpaired) electrons. The molecule has 1 unspecified atom stereocenters. The Labute approximate surface area is 304 Å². The Bertz CT molecular complexity index is 1770. The maximum atomic E-state index is 9.06. The van der Waals surface area contributed by atoms with Crippen molar-refractivity contribution in [3.05, 3.63) is 108 Å². The molecule has 7 heteroatoms. The third-order valence-electron chi connectivity index (χ3n) is 10.2. The second-order valence-corrected chi connectivity index (χ2v) is 14.8. The van der Waals surface area contributed by atoms with E-state index in [0.717, 1.165) is 79.3 Å². The molecule has 6 rings (SSSR count). The molecule has 264 valence electrons. The Kier molecular flexibility index (Phi) is 12.1. The van der Waals surface area contributed by atoms with Gasteiger partial charge in [0.25, 0.3) is 0 Å². The number of ether oxygens (including phenoxy) is 2. The van der Waals surface area contributed by atoms with E-state index in [1.165, 1.54) is 19.3 Å². The second kappa shape index (κ2) is 17.0. The van der Waals surface area contributed by atoms with Crippen LogP contribution in [0.4, 0.5) is 0 Å². The number of benzene rings is 4. The quantitative estimate of drug-likeness (QED) is 0.123. The highest BCUT2D eigenvalue weighted by atomic mass is 16.5. The first kappa shape index (κ1) is 36.1. The van der Waals surface area contributed by atoms with E-state index in [1.807, 2.05) is 72.8 Å². The maximum Gasteiger partial charge on any atom is 0.119 e. The number of nitriles is 2. The molecule has 7 nitrogen and oxygen atoms in total. The predicted octanol–water partition coefficient (Wildman–Crippen LogP) is 8.60. The van der Waals surface area contributed by atoms with E-state index in [9.17, 15) is 0 Å². The van der Waals surface area contributed by atoms with Gasteiger partial charge in [0.1, 0.15) is 11.5 Å². The first-order valence-corrected chi connectivity index (χ1v) is 18.5. The molecule has 0 aromatic heterocycles. The van der Waals surface area contributed by atoms with Gasteiger partial charge in [-0.2, -0.15) is 10.5 Å². The van der Waals surface area contributed by atoms with Crippen LogP contribution in [0.3, 0.4) is 0 Å². The summed E-state index contributed by atoms with van der Waals surface area (Å²) in [4.78, 5) is 8.15. The molecule has 2 saturated heterocycles. The van der Waals surface area contributed by atoms with E-state index >= 15 is 0 Å². The molecule has 2 aliphatic rings. The zero-order valence-corrected chi connectivity index (χ0v) is 30.4. The second-order valence-electron chi connectivity index (χ2n) is 14.8. The molecular formula is C44H51N5O2. The monoisotopic (exact) mass is 681 g/mol. The lowest BCUT2D eigenvalue weighted by atomic mass is 10.00. The highest BCUT2D eigenvalue weighted by Crippen LogP contribution is 2.33. The van der Waals surface area contributed by atoms with Crippen LogP contribution in [-0.2, 0) is 0 Å². The summed E-state index contributed by atoms with van der Waals surface area (Å²) in [5.74, 6) is 1.80. The summed E-state index contributed by atoms with van der Waals surface area (Å²) in [7, 11) is 0. The van der Waals surface area contributed by atoms with Crippen LogP contribution in [0.5, 0.6) is 11.5 Å². The average molecular weight is 682 g/mol. The number of hydrogen-bond acceptors (Lipinski definition) is 7. The molecule has 4 aromatic rings. The van der Waals surface area contributed by atoms with Crippen molar-refractivity contribution in [1.29, 1.82) is 10.5 Å². The fourth-order valence-corrected chi connectivity index (χ4v) is 7.76. The van der Waals surface area contributed by atoms with E-state index in [0.29, 0.717) is 36.5 Å². The lowest BCUT2D eigenvalue weighted by Gasteiger charge is -2.47. The van der Waals surface area contributed by atoms with Crippen LogP contribution >= 0.6 is 0 Å². The van der Waals surface area contributed by atoms with Crippen molar-refractivity contribution >= 4 is 0 Å². The third kappa shape index (κ3) is 9.57. The lowest BCUT2D eigenvalue weighted by Crippen LogP contribution is -2.58. The molecule has 0 bridgehead atoms. The van der Waals surface area contributed by atoms with Gasteiger partial charge in [-0.25, -0.2) is 0 Å². The van der Waals surface area contributed by atoms with Crippen molar-refractivity contribution in [3.63, 3.8) is 0 Å². The van der Waals surface area contributed by atoms with Crippen molar-refractivity contribution in [1.82, 2.24) is 14.7 Å². The molecule has 51 heavy (non-hydrogen) atoms. The summed E-state index contributed by atoms with van der Waals surface area (Å²) in [5, 5.41) is 18.1. The van der Waals surface area contributed by atoms with Crippen LogP contribution in [0.1, 0.15) is 64.0 Å². The van der Waals surface area contributed by atoms with Crippen molar-refractivity contribution in [2.24, 2.45) is 0 Å². The molecule has 0 saturated carbocycles. The molecule has 4 aromatic carbocycles. The van der Waals surface area contributed by atoms with Crippen molar-refractivity contribution in [2.45, 2.75) is 70.6 Å². The van der Waals surface area contributed by atoms with Gasteiger partial charge in [0.15, 0.2) is 0 Å². The highest BCUT2D eigenvalue weighted by Gasteiger charge is 2.41. The fourth-order valence-electron chi connectivity index (χ4n) is 7.76. The van der Waals surface area contributed by atoms with Gasteiger partial charge in [-0.3, -0.25) is 9.80 Å². The fraction of sp³-hybridized carbons (Fsp3) is 0.409. The minimum absolute atomic E-state index is 0.0914. The number of nitrogens with zero attached hydrogens (tertiary/aromatic N) is 5. The minimum Gasteiger partial charge on any atom is -0.494 e. The lowest BCUT2D eigenvalue weighted by molar-refractivity contribution is -0.0273. The van der Waals surface area contributed by atoms with Crippen LogP contribution in [0.25, 0.3) is 22.3 Å².